The Kier molecular flexibility index (Phi) is 5.90. The van der Waals surface area contributed by atoms with E-state index in [1.54, 1.807) is 47.4 Å². The molecule has 3 aliphatic rings. The number of fused-ring (bicyclic) bond motifs is 5. The Morgan fingerprint density at radius 3 is 2.34 bits per heavy atom. The van der Waals surface area contributed by atoms with Crippen LogP contribution in [0.15, 0.2) is 64.7 Å². The van der Waals surface area contributed by atoms with Gasteiger partial charge in [-0.15, -0.1) is 6.42 Å². The summed E-state index contributed by atoms with van der Waals surface area (Å²) in [5, 5.41) is 20.7. The van der Waals surface area contributed by atoms with Crippen molar-refractivity contribution < 1.29 is 23.9 Å². The summed E-state index contributed by atoms with van der Waals surface area (Å²) >= 11 is 1.22. The Hall–Kier alpha value is -4.72. The van der Waals surface area contributed by atoms with Gasteiger partial charge in [0, 0.05) is 16.3 Å². The summed E-state index contributed by atoms with van der Waals surface area (Å²) in [7, 11) is 2.35. The third-order valence-corrected chi connectivity index (χ3v) is 8.60. The maximum absolute atomic E-state index is 14.6. The van der Waals surface area contributed by atoms with Crippen LogP contribution in [0, 0.1) is 40.4 Å². The van der Waals surface area contributed by atoms with Crippen LogP contribution < -0.4 is 9.80 Å². The lowest BCUT2D eigenvalue weighted by Crippen LogP contribution is -2.65. The molecule has 5 rings (SSSR count). The molecule has 3 aliphatic heterocycles. The molecule has 0 bridgehead atoms. The number of esters is 2. The minimum absolute atomic E-state index is 0.123. The molecule has 0 saturated carbocycles. The van der Waals surface area contributed by atoms with Gasteiger partial charge in [-0.1, -0.05) is 48.0 Å². The molecule has 188 valence electrons. The van der Waals surface area contributed by atoms with Crippen LogP contribution in [0.5, 0.6) is 0 Å². The Morgan fingerprint density at radius 2 is 1.71 bits per heavy atom. The summed E-state index contributed by atoms with van der Waals surface area (Å²) in [4.78, 5) is 44.7. The fraction of sp³-hybridized carbons (Fsp3) is 0.250. The summed E-state index contributed by atoms with van der Waals surface area (Å²) in [6, 6.07) is 18.1. The number of hydrogen-bond donors (Lipinski definition) is 0. The molecule has 2 atom stereocenters. The summed E-state index contributed by atoms with van der Waals surface area (Å²) in [5.41, 5.74) is -3.20. The van der Waals surface area contributed by atoms with Gasteiger partial charge in [-0.05, 0) is 23.8 Å². The molecule has 0 fully saturated rings. The van der Waals surface area contributed by atoms with E-state index in [4.69, 9.17) is 15.9 Å². The molecule has 1 unspecified atom stereocenters. The minimum Gasteiger partial charge on any atom is -0.469 e. The first-order valence-corrected chi connectivity index (χ1v) is 12.4. The number of nitrogens with zero attached hydrogens (tertiary/aromatic N) is 4. The maximum Gasteiger partial charge on any atom is 0.337 e. The molecule has 1 spiro atoms. The van der Waals surface area contributed by atoms with Crippen LogP contribution in [-0.2, 0) is 29.3 Å². The molecule has 9 nitrogen and oxygen atoms in total. The number of terminal acetylenes is 1. The summed E-state index contributed by atoms with van der Waals surface area (Å²) < 4.78 is 10.1. The number of carbonyl (C=O) groups is 3. The lowest BCUT2D eigenvalue weighted by Gasteiger charge is -2.50. The number of para-hydroxylation sites is 2. The second-order valence-corrected chi connectivity index (χ2v) is 9.89. The summed E-state index contributed by atoms with van der Waals surface area (Å²) in [6.45, 7) is -0.160. The van der Waals surface area contributed by atoms with E-state index in [1.807, 2.05) is 6.07 Å². The number of hydrogen-bond acceptors (Lipinski definition) is 9. The first kappa shape index (κ1) is 25.0. The van der Waals surface area contributed by atoms with E-state index in [0.717, 1.165) is 12.0 Å². The van der Waals surface area contributed by atoms with Gasteiger partial charge in [0.15, 0.2) is 5.41 Å². The van der Waals surface area contributed by atoms with Gasteiger partial charge in [-0.2, -0.15) is 10.5 Å². The normalized spacial score (nSPS) is 22.1. The standard InChI is InChI=1S/C28H20N4O5S/c1-4-13-31-18-10-6-5-9-17(18)28(25(31)35)23(24(34)37-3)20(14-22(33)36-2)32-19-11-7-8-12-21(19)38-26(32)27(28,15-29)16-30/h1,5-12,26H,13-14H2,2-3H3/t26?,28-/m0/s1. The fourth-order valence-corrected chi connectivity index (χ4v) is 7.22. The van der Waals surface area contributed by atoms with Crippen molar-refractivity contribution in [2.45, 2.75) is 22.1 Å². The smallest absolute Gasteiger partial charge is 0.337 e. The lowest BCUT2D eigenvalue weighted by atomic mass is 9.55. The third kappa shape index (κ3) is 2.91. The molecule has 2 aromatic carbocycles. The molecule has 0 N–H and O–H groups in total. The van der Waals surface area contributed by atoms with Crippen molar-refractivity contribution >= 4 is 41.0 Å². The molecule has 38 heavy (non-hydrogen) atoms. The van der Waals surface area contributed by atoms with Crippen LogP contribution in [0.1, 0.15) is 12.0 Å². The number of rotatable bonds is 4. The van der Waals surface area contributed by atoms with Crippen LogP contribution in [-0.4, -0.2) is 44.0 Å². The monoisotopic (exact) mass is 524 g/mol. The van der Waals surface area contributed by atoms with Gasteiger partial charge in [0.2, 0.25) is 5.91 Å². The van der Waals surface area contributed by atoms with E-state index in [9.17, 15) is 24.9 Å². The number of benzene rings is 2. The van der Waals surface area contributed by atoms with Crippen LogP contribution in [0.2, 0.25) is 0 Å². The zero-order valence-electron chi connectivity index (χ0n) is 20.4. The van der Waals surface area contributed by atoms with Gasteiger partial charge in [0.1, 0.15) is 10.8 Å². The molecular formula is C28H20N4O5S. The molecule has 0 saturated heterocycles. The Balaban J connectivity index is 2.00. The van der Waals surface area contributed by atoms with Gasteiger partial charge >= 0.3 is 11.9 Å². The molecule has 0 radical (unpaired) electrons. The first-order chi connectivity index (χ1) is 18.4. The average molecular weight is 525 g/mol. The second kappa shape index (κ2) is 8.99. The summed E-state index contributed by atoms with van der Waals surface area (Å²) in [6.07, 6.45) is 5.19. The molecule has 2 aromatic rings. The predicted molar refractivity (Wildman–Crippen MR) is 137 cm³/mol. The van der Waals surface area contributed by atoms with Gasteiger partial charge in [-0.25, -0.2) is 4.79 Å². The quantitative estimate of drug-likeness (QED) is 0.439. The van der Waals surface area contributed by atoms with Crippen molar-refractivity contribution in [1.82, 2.24) is 0 Å². The van der Waals surface area contributed by atoms with E-state index < -0.39 is 40.5 Å². The third-order valence-electron chi connectivity index (χ3n) is 7.21. The number of nitriles is 2. The van der Waals surface area contributed by atoms with E-state index in [-0.39, 0.29) is 23.4 Å². The molecule has 10 heteroatoms. The Morgan fingerprint density at radius 1 is 1.05 bits per heavy atom. The van der Waals surface area contributed by atoms with E-state index in [1.165, 1.54) is 23.8 Å². The highest BCUT2D eigenvalue weighted by atomic mass is 32.2. The van der Waals surface area contributed by atoms with E-state index in [2.05, 4.69) is 18.1 Å². The van der Waals surface area contributed by atoms with Crippen LogP contribution in [0.4, 0.5) is 11.4 Å². The van der Waals surface area contributed by atoms with Gasteiger partial charge < -0.3 is 14.4 Å². The average Bonchev–Trinajstić information content (AvgIpc) is 3.45. The maximum atomic E-state index is 14.6. The van der Waals surface area contributed by atoms with Crippen molar-refractivity contribution in [2.75, 3.05) is 30.6 Å². The molecule has 0 aromatic heterocycles. The number of ether oxygens (including phenoxy) is 2. The Labute approximate surface area is 223 Å². The van der Waals surface area contributed by atoms with E-state index >= 15 is 0 Å². The van der Waals surface area contributed by atoms with Crippen molar-refractivity contribution in [2.24, 2.45) is 5.41 Å². The largest absolute Gasteiger partial charge is 0.469 e. The van der Waals surface area contributed by atoms with Crippen LogP contribution >= 0.6 is 11.8 Å². The van der Waals surface area contributed by atoms with Crippen molar-refractivity contribution in [3.63, 3.8) is 0 Å². The fourth-order valence-electron chi connectivity index (χ4n) is 5.73. The highest BCUT2D eigenvalue weighted by Crippen LogP contribution is 2.66. The minimum atomic E-state index is -2.14. The van der Waals surface area contributed by atoms with Gasteiger partial charge in [-0.3, -0.25) is 14.5 Å². The number of carbonyl (C=O) groups excluding carboxylic acids is 3. The van der Waals surface area contributed by atoms with Crippen molar-refractivity contribution in [1.29, 1.82) is 10.5 Å². The lowest BCUT2D eigenvalue weighted by molar-refractivity contribution is -0.141. The second-order valence-electron chi connectivity index (χ2n) is 8.77. The van der Waals surface area contributed by atoms with Crippen LogP contribution in [0.3, 0.4) is 0 Å². The van der Waals surface area contributed by atoms with E-state index in [0.29, 0.717) is 11.4 Å². The molecule has 3 heterocycles. The number of methoxy groups -OCH3 is 2. The SMILES string of the molecule is C#CCN1C(=O)[C@@]2(C(C(=O)OC)=C(CC(=O)OC)N3c4ccccc4SC3C2(C#N)C#N)c2ccccc21. The van der Waals surface area contributed by atoms with Crippen molar-refractivity contribution in [3.05, 3.63) is 65.4 Å². The predicted octanol–water partition coefficient (Wildman–Crippen LogP) is 2.88. The molecule has 0 aliphatic carbocycles. The molecular weight excluding hydrogens is 504 g/mol. The summed E-state index contributed by atoms with van der Waals surface area (Å²) in [5.74, 6) is 0.123. The number of anilines is 2. The number of thioether (sulfide) groups is 1. The zero-order valence-corrected chi connectivity index (χ0v) is 21.2. The Bertz CT molecular complexity index is 1550. The topological polar surface area (TPSA) is 124 Å². The highest BCUT2D eigenvalue weighted by molar-refractivity contribution is 8.00. The van der Waals surface area contributed by atoms with Crippen molar-refractivity contribution in [3.8, 4) is 24.5 Å². The molecule has 1 amide bonds. The highest BCUT2D eigenvalue weighted by Gasteiger charge is 2.75. The first-order valence-electron chi connectivity index (χ1n) is 11.5. The van der Waals surface area contributed by atoms with Gasteiger partial charge in [0.05, 0.1) is 50.6 Å². The van der Waals surface area contributed by atoms with Crippen LogP contribution in [0.25, 0.3) is 0 Å². The van der Waals surface area contributed by atoms with Gasteiger partial charge in [0.25, 0.3) is 0 Å². The number of amides is 1. The zero-order chi connectivity index (χ0) is 27.2.